The monoisotopic (exact) mass is 283 g/mol. The predicted molar refractivity (Wildman–Crippen MR) is 70.0 cm³/mol. The molecule has 100 valence electrons. The average molecular weight is 283 g/mol. The van der Waals surface area contributed by atoms with E-state index in [0.29, 0.717) is 4.88 Å². The number of thiophene rings is 1. The molecule has 0 radical (unpaired) electrons. The van der Waals surface area contributed by atoms with Gasteiger partial charge in [-0.3, -0.25) is 0 Å². The largest absolute Gasteiger partial charge is 0.462 e. The van der Waals surface area contributed by atoms with Crippen LogP contribution in [0.5, 0.6) is 0 Å². The van der Waals surface area contributed by atoms with Gasteiger partial charge in [-0.1, -0.05) is 0 Å². The lowest BCUT2D eigenvalue weighted by Crippen LogP contribution is -2.04. The maximum atomic E-state index is 13.6. The van der Waals surface area contributed by atoms with E-state index in [-0.39, 0.29) is 22.7 Å². The number of nitrogens with two attached hydrogens (primary N) is 1. The zero-order chi connectivity index (χ0) is 14.0. The van der Waals surface area contributed by atoms with Crippen molar-refractivity contribution in [2.24, 2.45) is 0 Å². The molecule has 0 aliphatic rings. The molecule has 2 N–H and O–H groups in total. The molecule has 0 bridgehead atoms. The van der Waals surface area contributed by atoms with E-state index in [1.807, 2.05) is 0 Å². The molecule has 0 atom stereocenters. The summed E-state index contributed by atoms with van der Waals surface area (Å²) in [5, 5.41) is 0. The van der Waals surface area contributed by atoms with E-state index < -0.39 is 17.6 Å². The molecule has 2 rings (SSSR count). The molecule has 3 nitrogen and oxygen atoms in total. The fraction of sp³-hybridized carbons (Fsp3) is 0.154. The van der Waals surface area contributed by atoms with Crippen LogP contribution in [0.1, 0.15) is 16.6 Å². The number of hydrogen-bond donors (Lipinski definition) is 1. The van der Waals surface area contributed by atoms with Crippen LogP contribution in [-0.2, 0) is 4.74 Å². The van der Waals surface area contributed by atoms with Gasteiger partial charge in [0.15, 0.2) is 0 Å². The van der Waals surface area contributed by atoms with Crippen LogP contribution < -0.4 is 5.73 Å². The van der Waals surface area contributed by atoms with Crippen LogP contribution in [0.25, 0.3) is 10.4 Å². The summed E-state index contributed by atoms with van der Waals surface area (Å²) in [6, 6.07) is 4.73. The van der Waals surface area contributed by atoms with Crippen LogP contribution in [0.3, 0.4) is 0 Å². The number of benzene rings is 1. The Bertz CT molecular complexity index is 625. The average Bonchev–Trinajstić information content (AvgIpc) is 2.71. The van der Waals surface area contributed by atoms with E-state index >= 15 is 0 Å². The molecule has 0 saturated heterocycles. The third kappa shape index (κ3) is 2.73. The van der Waals surface area contributed by atoms with Gasteiger partial charge < -0.3 is 10.5 Å². The van der Waals surface area contributed by atoms with Gasteiger partial charge in [-0.25, -0.2) is 13.6 Å². The lowest BCUT2D eigenvalue weighted by atomic mass is 10.1. The maximum Gasteiger partial charge on any atom is 0.350 e. The zero-order valence-electron chi connectivity index (χ0n) is 10.1. The lowest BCUT2D eigenvalue weighted by Gasteiger charge is -2.00. The molecule has 2 aromatic rings. The van der Waals surface area contributed by atoms with Crippen LogP contribution in [0.4, 0.5) is 14.5 Å². The minimum Gasteiger partial charge on any atom is -0.462 e. The number of esters is 1. The SMILES string of the molecule is CCOC(=O)c1sc(-c2ccc(F)cc2F)cc1N. The molecular weight excluding hydrogens is 272 g/mol. The van der Waals surface area contributed by atoms with Gasteiger partial charge in [-0.05, 0) is 25.1 Å². The van der Waals surface area contributed by atoms with Crippen LogP contribution in [-0.4, -0.2) is 12.6 Å². The fourth-order valence-corrected chi connectivity index (χ4v) is 2.58. The summed E-state index contributed by atoms with van der Waals surface area (Å²) in [6.45, 7) is 1.92. The number of carbonyl (C=O) groups excluding carboxylic acids is 1. The second-order valence-electron chi connectivity index (χ2n) is 3.74. The third-order valence-corrected chi connectivity index (χ3v) is 3.58. The molecule has 0 aliphatic carbocycles. The van der Waals surface area contributed by atoms with Crippen molar-refractivity contribution in [2.75, 3.05) is 12.3 Å². The van der Waals surface area contributed by atoms with Crippen molar-refractivity contribution >= 4 is 23.0 Å². The van der Waals surface area contributed by atoms with E-state index in [2.05, 4.69) is 0 Å². The van der Waals surface area contributed by atoms with Crippen molar-refractivity contribution < 1.29 is 18.3 Å². The Morgan fingerprint density at radius 2 is 2.11 bits per heavy atom. The van der Waals surface area contributed by atoms with Gasteiger partial charge in [-0.15, -0.1) is 11.3 Å². The molecule has 0 aliphatic heterocycles. The quantitative estimate of drug-likeness (QED) is 0.878. The molecule has 0 fully saturated rings. The van der Waals surface area contributed by atoms with E-state index in [1.165, 1.54) is 12.1 Å². The molecule has 1 heterocycles. The van der Waals surface area contributed by atoms with Crippen LogP contribution in [0, 0.1) is 11.6 Å². The molecule has 19 heavy (non-hydrogen) atoms. The molecule has 1 aromatic carbocycles. The van der Waals surface area contributed by atoms with Crippen molar-refractivity contribution in [2.45, 2.75) is 6.92 Å². The fourth-order valence-electron chi connectivity index (χ4n) is 1.58. The number of hydrogen-bond acceptors (Lipinski definition) is 4. The number of anilines is 1. The molecule has 0 spiro atoms. The number of nitrogen functional groups attached to an aromatic ring is 1. The zero-order valence-corrected chi connectivity index (χ0v) is 10.9. The topological polar surface area (TPSA) is 52.3 Å². The van der Waals surface area contributed by atoms with Crippen LogP contribution >= 0.6 is 11.3 Å². The molecule has 6 heteroatoms. The highest BCUT2D eigenvalue weighted by molar-refractivity contribution is 7.18. The Morgan fingerprint density at radius 1 is 1.37 bits per heavy atom. The molecule has 0 unspecified atom stereocenters. The molecular formula is C13H11F2NO2S. The van der Waals surface area contributed by atoms with E-state index in [9.17, 15) is 13.6 Å². The standard InChI is InChI=1S/C13H11F2NO2S/c1-2-18-13(17)12-10(16)6-11(19-12)8-4-3-7(14)5-9(8)15/h3-6H,2,16H2,1H3. The first-order valence-electron chi connectivity index (χ1n) is 5.54. The normalized spacial score (nSPS) is 10.5. The van der Waals surface area contributed by atoms with Gasteiger partial charge in [0.25, 0.3) is 0 Å². The summed E-state index contributed by atoms with van der Waals surface area (Å²) in [4.78, 5) is 12.3. The van der Waals surface area contributed by atoms with E-state index in [4.69, 9.17) is 10.5 Å². The summed E-state index contributed by atoms with van der Waals surface area (Å²) in [7, 11) is 0. The van der Waals surface area contributed by atoms with Crippen LogP contribution in [0.15, 0.2) is 24.3 Å². The molecule has 1 aromatic heterocycles. The first-order chi connectivity index (χ1) is 9.02. The molecule has 0 saturated carbocycles. The van der Waals surface area contributed by atoms with Gasteiger partial charge in [0.2, 0.25) is 0 Å². The van der Waals surface area contributed by atoms with Crippen molar-refractivity contribution in [3.63, 3.8) is 0 Å². The highest BCUT2D eigenvalue weighted by Crippen LogP contribution is 2.35. The summed E-state index contributed by atoms with van der Waals surface area (Å²) >= 11 is 1.02. The van der Waals surface area contributed by atoms with Crippen molar-refractivity contribution in [3.8, 4) is 10.4 Å². The van der Waals surface area contributed by atoms with Gasteiger partial charge in [0.1, 0.15) is 16.5 Å². The van der Waals surface area contributed by atoms with Gasteiger partial charge in [0.05, 0.1) is 12.3 Å². The van der Waals surface area contributed by atoms with Gasteiger partial charge in [0, 0.05) is 16.5 Å². The lowest BCUT2D eigenvalue weighted by molar-refractivity contribution is 0.0533. The Hall–Kier alpha value is -1.95. The summed E-state index contributed by atoms with van der Waals surface area (Å²) in [5.74, 6) is -1.90. The van der Waals surface area contributed by atoms with Gasteiger partial charge >= 0.3 is 5.97 Å². The Morgan fingerprint density at radius 3 is 2.74 bits per heavy atom. The number of rotatable bonds is 3. The highest BCUT2D eigenvalue weighted by atomic mass is 32.1. The van der Waals surface area contributed by atoms with E-state index in [0.717, 1.165) is 23.5 Å². The van der Waals surface area contributed by atoms with Crippen molar-refractivity contribution in [1.82, 2.24) is 0 Å². The highest BCUT2D eigenvalue weighted by Gasteiger charge is 2.18. The Kier molecular flexibility index (Phi) is 3.80. The number of carbonyl (C=O) groups is 1. The Balaban J connectivity index is 2.42. The predicted octanol–water partition coefficient (Wildman–Crippen LogP) is 3.45. The third-order valence-electron chi connectivity index (χ3n) is 2.42. The smallest absolute Gasteiger partial charge is 0.350 e. The minimum absolute atomic E-state index is 0.202. The van der Waals surface area contributed by atoms with Gasteiger partial charge in [-0.2, -0.15) is 0 Å². The summed E-state index contributed by atoms with van der Waals surface area (Å²) in [5.41, 5.74) is 6.13. The summed E-state index contributed by atoms with van der Waals surface area (Å²) < 4.78 is 31.3. The van der Waals surface area contributed by atoms with Crippen LogP contribution in [0.2, 0.25) is 0 Å². The first-order valence-corrected chi connectivity index (χ1v) is 6.36. The Labute approximate surface area is 112 Å². The number of halogens is 2. The second-order valence-corrected chi connectivity index (χ2v) is 4.79. The first kappa shape index (κ1) is 13.5. The molecule has 0 amide bonds. The summed E-state index contributed by atoms with van der Waals surface area (Å²) in [6.07, 6.45) is 0. The van der Waals surface area contributed by atoms with Crippen molar-refractivity contribution in [3.05, 3.63) is 40.8 Å². The van der Waals surface area contributed by atoms with E-state index in [1.54, 1.807) is 6.92 Å². The minimum atomic E-state index is -0.698. The maximum absolute atomic E-state index is 13.6. The van der Waals surface area contributed by atoms with Crippen molar-refractivity contribution in [1.29, 1.82) is 0 Å². The number of ether oxygens (including phenoxy) is 1. The second kappa shape index (κ2) is 5.36.